The van der Waals surface area contributed by atoms with Crippen LogP contribution >= 0.6 is 11.8 Å². The number of aromatic nitrogens is 2. The summed E-state index contributed by atoms with van der Waals surface area (Å²) in [7, 11) is 0. The van der Waals surface area contributed by atoms with Crippen LogP contribution in [0.4, 0.5) is 0 Å². The van der Waals surface area contributed by atoms with E-state index < -0.39 is 0 Å². The number of benzene rings is 2. The van der Waals surface area contributed by atoms with Crippen molar-refractivity contribution in [3.8, 4) is 0 Å². The van der Waals surface area contributed by atoms with Gasteiger partial charge in [-0.1, -0.05) is 54.2 Å². The Bertz CT molecular complexity index is 935. The largest absolute Gasteiger partial charge is 0.293 e. The molecule has 0 aliphatic heterocycles. The molecule has 1 heterocycles. The predicted molar refractivity (Wildman–Crippen MR) is 97.8 cm³/mol. The van der Waals surface area contributed by atoms with E-state index in [1.54, 1.807) is 22.8 Å². The number of nitrogens with zero attached hydrogens (tertiary/aromatic N) is 2. The molecule has 0 bridgehead atoms. The van der Waals surface area contributed by atoms with Gasteiger partial charge in [0.1, 0.15) is 0 Å². The topological polar surface area (TPSA) is 52.0 Å². The smallest absolute Gasteiger partial charge is 0.262 e. The van der Waals surface area contributed by atoms with E-state index in [-0.39, 0.29) is 16.6 Å². The highest BCUT2D eigenvalue weighted by Crippen LogP contribution is 2.25. The number of Topliss-reactive ketones (excluding diaryl/α,β-unsaturated/α-hetero) is 1. The standard InChI is InChI=1S/C19H18N2O2S/c1-3-21-18(23)15-11-7-8-12-16(15)20-19(21)24-13(2)17(22)14-9-5-4-6-10-14/h4-13H,3H2,1-2H3. The molecule has 0 aliphatic rings. The van der Waals surface area contributed by atoms with Crippen LogP contribution in [0.5, 0.6) is 0 Å². The first-order valence-corrected chi connectivity index (χ1v) is 8.75. The number of carbonyl (C=O) groups is 1. The quantitative estimate of drug-likeness (QED) is 0.404. The third kappa shape index (κ3) is 3.12. The number of hydrogen-bond acceptors (Lipinski definition) is 4. The summed E-state index contributed by atoms with van der Waals surface area (Å²) in [6.45, 7) is 4.28. The molecule has 0 fully saturated rings. The Labute approximate surface area is 144 Å². The van der Waals surface area contributed by atoms with Crippen LogP contribution in [0.15, 0.2) is 64.5 Å². The summed E-state index contributed by atoms with van der Waals surface area (Å²) in [5.41, 5.74) is 1.27. The number of fused-ring (bicyclic) bond motifs is 1. The summed E-state index contributed by atoms with van der Waals surface area (Å²) < 4.78 is 1.63. The summed E-state index contributed by atoms with van der Waals surface area (Å²) in [5.74, 6) is 0.0330. The molecule has 4 nitrogen and oxygen atoms in total. The maximum Gasteiger partial charge on any atom is 0.262 e. The molecule has 5 heteroatoms. The van der Waals surface area contributed by atoms with Gasteiger partial charge in [0.25, 0.3) is 5.56 Å². The molecule has 0 saturated heterocycles. The lowest BCUT2D eigenvalue weighted by atomic mass is 10.1. The van der Waals surface area contributed by atoms with Gasteiger partial charge in [0.2, 0.25) is 0 Å². The van der Waals surface area contributed by atoms with Crippen molar-refractivity contribution in [1.29, 1.82) is 0 Å². The van der Waals surface area contributed by atoms with E-state index in [0.29, 0.717) is 28.2 Å². The van der Waals surface area contributed by atoms with Gasteiger partial charge in [0, 0.05) is 12.1 Å². The number of thioether (sulfide) groups is 1. The van der Waals surface area contributed by atoms with Crippen molar-refractivity contribution in [2.45, 2.75) is 30.8 Å². The third-order valence-corrected chi connectivity index (χ3v) is 4.94. The molecule has 0 radical (unpaired) electrons. The van der Waals surface area contributed by atoms with Gasteiger partial charge in [-0.15, -0.1) is 0 Å². The second-order valence-electron chi connectivity index (χ2n) is 5.45. The molecule has 1 unspecified atom stereocenters. The van der Waals surface area contributed by atoms with E-state index >= 15 is 0 Å². The molecule has 1 atom stereocenters. The third-order valence-electron chi connectivity index (χ3n) is 3.85. The van der Waals surface area contributed by atoms with Gasteiger partial charge in [0.05, 0.1) is 16.2 Å². The summed E-state index contributed by atoms with van der Waals surface area (Å²) in [6, 6.07) is 16.5. The highest BCUT2D eigenvalue weighted by molar-refractivity contribution is 8.00. The minimum atomic E-state index is -0.321. The average molecular weight is 338 g/mol. The van der Waals surface area contributed by atoms with Crippen LogP contribution in [0.2, 0.25) is 0 Å². The van der Waals surface area contributed by atoms with E-state index in [0.717, 1.165) is 0 Å². The van der Waals surface area contributed by atoms with E-state index in [1.165, 1.54) is 11.8 Å². The van der Waals surface area contributed by atoms with Crippen LogP contribution in [0, 0.1) is 0 Å². The van der Waals surface area contributed by atoms with Crippen LogP contribution in [0.3, 0.4) is 0 Å². The minimum Gasteiger partial charge on any atom is -0.293 e. The number of rotatable bonds is 5. The van der Waals surface area contributed by atoms with Crippen molar-refractivity contribution < 1.29 is 4.79 Å². The highest BCUT2D eigenvalue weighted by Gasteiger charge is 2.20. The Kier molecular flexibility index (Phi) is 4.81. The summed E-state index contributed by atoms with van der Waals surface area (Å²) >= 11 is 1.33. The fourth-order valence-corrected chi connectivity index (χ4v) is 3.61. The van der Waals surface area contributed by atoms with Crippen molar-refractivity contribution in [3.63, 3.8) is 0 Å². The molecule has 2 aromatic carbocycles. The molecular formula is C19H18N2O2S. The van der Waals surface area contributed by atoms with Gasteiger partial charge in [0.15, 0.2) is 10.9 Å². The van der Waals surface area contributed by atoms with Crippen molar-refractivity contribution >= 4 is 28.4 Å². The lowest BCUT2D eigenvalue weighted by Gasteiger charge is -2.14. The Morgan fingerprint density at radius 1 is 1.12 bits per heavy atom. The van der Waals surface area contributed by atoms with Gasteiger partial charge >= 0.3 is 0 Å². The van der Waals surface area contributed by atoms with Gasteiger partial charge < -0.3 is 0 Å². The van der Waals surface area contributed by atoms with E-state index in [4.69, 9.17) is 0 Å². The second-order valence-corrected chi connectivity index (χ2v) is 6.76. The average Bonchev–Trinajstić information content (AvgIpc) is 2.62. The molecule has 24 heavy (non-hydrogen) atoms. The SMILES string of the molecule is CCn1c(SC(C)C(=O)c2ccccc2)nc2ccccc2c1=O. The Balaban J connectivity index is 1.97. The van der Waals surface area contributed by atoms with Crippen LogP contribution in [-0.2, 0) is 6.54 Å². The summed E-state index contributed by atoms with van der Waals surface area (Å²) in [4.78, 5) is 29.8. The molecular weight excluding hydrogens is 320 g/mol. The summed E-state index contributed by atoms with van der Waals surface area (Å²) in [5, 5.41) is 0.863. The maximum absolute atomic E-state index is 12.6. The Hall–Kier alpha value is -2.40. The molecule has 0 amide bonds. The van der Waals surface area contributed by atoms with Crippen molar-refractivity contribution in [1.82, 2.24) is 9.55 Å². The molecule has 122 valence electrons. The van der Waals surface area contributed by atoms with Crippen molar-refractivity contribution in [2.75, 3.05) is 0 Å². The van der Waals surface area contributed by atoms with Crippen LogP contribution in [0.1, 0.15) is 24.2 Å². The van der Waals surface area contributed by atoms with Gasteiger partial charge in [-0.2, -0.15) is 0 Å². The molecule has 0 saturated carbocycles. The lowest BCUT2D eigenvalue weighted by molar-refractivity contribution is 0.0994. The maximum atomic E-state index is 12.6. The Morgan fingerprint density at radius 3 is 2.50 bits per heavy atom. The Morgan fingerprint density at radius 2 is 1.79 bits per heavy atom. The normalized spacial score (nSPS) is 12.2. The molecule has 0 N–H and O–H groups in total. The van der Waals surface area contributed by atoms with E-state index in [1.807, 2.05) is 50.2 Å². The molecule has 3 aromatic rings. The number of para-hydroxylation sites is 1. The van der Waals surface area contributed by atoms with Crippen LogP contribution in [0.25, 0.3) is 10.9 Å². The van der Waals surface area contributed by atoms with E-state index in [2.05, 4.69) is 4.98 Å². The predicted octanol–water partition coefficient (Wildman–Crippen LogP) is 3.78. The monoisotopic (exact) mass is 338 g/mol. The fraction of sp³-hybridized carbons (Fsp3) is 0.211. The van der Waals surface area contributed by atoms with Crippen LogP contribution in [-0.4, -0.2) is 20.6 Å². The first-order chi connectivity index (χ1) is 11.6. The highest BCUT2D eigenvalue weighted by atomic mass is 32.2. The number of carbonyl (C=O) groups excluding carboxylic acids is 1. The lowest BCUT2D eigenvalue weighted by Crippen LogP contribution is -2.24. The van der Waals surface area contributed by atoms with Gasteiger partial charge in [-0.3, -0.25) is 14.2 Å². The first kappa shape index (κ1) is 16.5. The summed E-state index contributed by atoms with van der Waals surface area (Å²) in [6.07, 6.45) is 0. The molecule has 0 spiro atoms. The zero-order valence-corrected chi connectivity index (χ0v) is 14.4. The van der Waals surface area contributed by atoms with Crippen molar-refractivity contribution in [2.24, 2.45) is 0 Å². The zero-order chi connectivity index (χ0) is 17.1. The molecule has 3 rings (SSSR count). The first-order valence-electron chi connectivity index (χ1n) is 7.87. The molecule has 0 aliphatic carbocycles. The zero-order valence-electron chi connectivity index (χ0n) is 13.6. The number of hydrogen-bond donors (Lipinski definition) is 0. The minimum absolute atomic E-state index is 0.0330. The van der Waals surface area contributed by atoms with Crippen molar-refractivity contribution in [3.05, 3.63) is 70.5 Å². The van der Waals surface area contributed by atoms with Gasteiger partial charge in [-0.05, 0) is 26.0 Å². The fourth-order valence-electron chi connectivity index (χ4n) is 2.57. The van der Waals surface area contributed by atoms with Crippen LogP contribution < -0.4 is 5.56 Å². The molecule has 1 aromatic heterocycles. The number of ketones is 1. The van der Waals surface area contributed by atoms with E-state index in [9.17, 15) is 9.59 Å². The van der Waals surface area contributed by atoms with Gasteiger partial charge in [-0.25, -0.2) is 4.98 Å². The second kappa shape index (κ2) is 7.01.